The highest BCUT2D eigenvalue weighted by molar-refractivity contribution is 7.90. The van der Waals surface area contributed by atoms with Gasteiger partial charge in [-0.2, -0.15) is 0 Å². The van der Waals surface area contributed by atoms with Gasteiger partial charge < -0.3 is 4.74 Å². The van der Waals surface area contributed by atoms with Crippen LogP contribution < -0.4 is 4.74 Å². The molecule has 0 bridgehead atoms. The number of benzene rings is 2. The second kappa shape index (κ2) is 8.02. The van der Waals surface area contributed by atoms with Gasteiger partial charge in [-0.15, -0.1) is 0 Å². The van der Waals surface area contributed by atoms with Gasteiger partial charge in [0.1, 0.15) is 12.4 Å². The van der Waals surface area contributed by atoms with E-state index in [1.807, 2.05) is 25.2 Å². The summed E-state index contributed by atoms with van der Waals surface area (Å²) in [5, 5.41) is 0. The van der Waals surface area contributed by atoms with E-state index in [0.29, 0.717) is 11.5 Å². The molecule has 1 unspecified atom stereocenters. The molecule has 0 amide bonds. The fourth-order valence-electron chi connectivity index (χ4n) is 2.76. The largest absolute Gasteiger partial charge is 0.492 e. The van der Waals surface area contributed by atoms with Crippen LogP contribution in [0.3, 0.4) is 0 Å². The SMILES string of the molecule is Cc1cccc(C)c1OCCN(C)C(C)c1ccc(S(C)(=O)=O)cc1. The standard InChI is InChI=1S/C20H27NO3S/c1-15-7-6-8-16(2)20(15)24-14-13-21(4)17(3)18-9-11-19(12-10-18)25(5,22)23/h6-12,17H,13-14H2,1-5H3. The van der Waals surface area contributed by atoms with Crippen LogP contribution >= 0.6 is 0 Å². The summed E-state index contributed by atoms with van der Waals surface area (Å²) in [6.07, 6.45) is 1.22. The van der Waals surface area contributed by atoms with E-state index in [2.05, 4.69) is 37.8 Å². The van der Waals surface area contributed by atoms with Gasteiger partial charge in [0.15, 0.2) is 9.84 Å². The van der Waals surface area contributed by atoms with Gasteiger partial charge in [0.05, 0.1) is 4.90 Å². The molecular weight excluding hydrogens is 334 g/mol. The van der Waals surface area contributed by atoms with Gasteiger partial charge >= 0.3 is 0 Å². The smallest absolute Gasteiger partial charge is 0.175 e. The van der Waals surface area contributed by atoms with Crippen LogP contribution in [0.1, 0.15) is 29.7 Å². The maximum absolute atomic E-state index is 11.6. The van der Waals surface area contributed by atoms with Crippen molar-refractivity contribution in [2.45, 2.75) is 31.7 Å². The van der Waals surface area contributed by atoms with Crippen LogP contribution in [0.5, 0.6) is 5.75 Å². The van der Waals surface area contributed by atoms with Gasteiger partial charge in [-0.05, 0) is 56.6 Å². The Labute approximate surface area is 151 Å². The van der Waals surface area contributed by atoms with Crippen molar-refractivity contribution in [3.63, 3.8) is 0 Å². The summed E-state index contributed by atoms with van der Waals surface area (Å²) in [4.78, 5) is 2.55. The summed E-state index contributed by atoms with van der Waals surface area (Å²) in [6.45, 7) is 7.60. The van der Waals surface area contributed by atoms with Gasteiger partial charge in [-0.25, -0.2) is 8.42 Å². The fourth-order valence-corrected chi connectivity index (χ4v) is 3.39. The van der Waals surface area contributed by atoms with E-state index in [0.717, 1.165) is 29.0 Å². The number of rotatable bonds is 7. The maximum Gasteiger partial charge on any atom is 0.175 e. The Morgan fingerprint density at radius 1 is 1.04 bits per heavy atom. The molecule has 5 heteroatoms. The molecule has 0 aliphatic heterocycles. The summed E-state index contributed by atoms with van der Waals surface area (Å²) < 4.78 is 29.1. The van der Waals surface area contributed by atoms with Gasteiger partial charge in [-0.3, -0.25) is 4.90 Å². The van der Waals surface area contributed by atoms with Crippen molar-refractivity contribution in [3.05, 3.63) is 59.2 Å². The van der Waals surface area contributed by atoms with Crippen molar-refractivity contribution in [2.24, 2.45) is 0 Å². The molecule has 0 aliphatic rings. The Balaban J connectivity index is 1.95. The molecule has 25 heavy (non-hydrogen) atoms. The molecule has 0 fully saturated rings. The van der Waals surface area contributed by atoms with E-state index in [9.17, 15) is 8.42 Å². The number of sulfone groups is 1. The zero-order valence-corrected chi connectivity index (χ0v) is 16.4. The highest BCUT2D eigenvalue weighted by Gasteiger charge is 2.14. The van der Waals surface area contributed by atoms with E-state index in [1.54, 1.807) is 12.1 Å². The Morgan fingerprint density at radius 2 is 1.60 bits per heavy atom. The third-order valence-corrected chi connectivity index (χ3v) is 5.68. The molecule has 2 rings (SSSR count). The number of nitrogens with zero attached hydrogens (tertiary/aromatic N) is 1. The Hall–Kier alpha value is -1.85. The Kier molecular flexibility index (Phi) is 6.25. The number of ether oxygens (including phenoxy) is 1. The van der Waals surface area contributed by atoms with Crippen molar-refractivity contribution in [2.75, 3.05) is 26.5 Å². The first-order valence-corrected chi connectivity index (χ1v) is 10.3. The molecule has 0 spiro atoms. The molecule has 0 saturated carbocycles. The fraction of sp³-hybridized carbons (Fsp3) is 0.400. The lowest BCUT2D eigenvalue weighted by Crippen LogP contribution is -2.27. The third kappa shape index (κ3) is 5.06. The average Bonchev–Trinajstić information content (AvgIpc) is 2.56. The number of para-hydroxylation sites is 1. The molecule has 0 heterocycles. The first-order chi connectivity index (χ1) is 11.7. The topological polar surface area (TPSA) is 46.6 Å². The summed E-state index contributed by atoms with van der Waals surface area (Å²) >= 11 is 0. The minimum atomic E-state index is -3.15. The van der Waals surface area contributed by atoms with Crippen LogP contribution in [0, 0.1) is 13.8 Å². The first-order valence-electron chi connectivity index (χ1n) is 8.39. The predicted octanol–water partition coefficient (Wildman–Crippen LogP) is 3.78. The van der Waals surface area contributed by atoms with Gasteiger partial charge in [0.2, 0.25) is 0 Å². The molecule has 1 atom stereocenters. The van der Waals surface area contributed by atoms with E-state index in [1.165, 1.54) is 6.26 Å². The van der Waals surface area contributed by atoms with Gasteiger partial charge in [0, 0.05) is 18.8 Å². The summed E-state index contributed by atoms with van der Waals surface area (Å²) in [5.74, 6) is 0.959. The molecule has 0 radical (unpaired) electrons. The summed E-state index contributed by atoms with van der Waals surface area (Å²) in [5.41, 5.74) is 3.38. The molecule has 2 aromatic rings. The van der Waals surface area contributed by atoms with Crippen molar-refractivity contribution in [1.82, 2.24) is 4.90 Å². The van der Waals surface area contributed by atoms with Crippen LogP contribution in [0.2, 0.25) is 0 Å². The minimum absolute atomic E-state index is 0.176. The zero-order chi connectivity index (χ0) is 18.6. The second-order valence-corrected chi connectivity index (χ2v) is 8.58. The van der Waals surface area contributed by atoms with Crippen molar-refractivity contribution in [3.8, 4) is 5.75 Å². The van der Waals surface area contributed by atoms with Crippen LogP contribution in [-0.4, -0.2) is 39.8 Å². The highest BCUT2D eigenvalue weighted by atomic mass is 32.2. The van der Waals surface area contributed by atoms with E-state index >= 15 is 0 Å². The lowest BCUT2D eigenvalue weighted by Gasteiger charge is -2.25. The molecule has 4 nitrogen and oxygen atoms in total. The van der Waals surface area contributed by atoms with Crippen LogP contribution in [-0.2, 0) is 9.84 Å². The molecule has 0 aromatic heterocycles. The van der Waals surface area contributed by atoms with Crippen molar-refractivity contribution >= 4 is 9.84 Å². The maximum atomic E-state index is 11.6. The Bertz CT molecular complexity index is 793. The molecule has 2 aromatic carbocycles. The second-order valence-electron chi connectivity index (χ2n) is 6.57. The molecule has 0 aliphatic carbocycles. The van der Waals surface area contributed by atoms with E-state index in [-0.39, 0.29) is 6.04 Å². The number of hydrogen-bond donors (Lipinski definition) is 0. The van der Waals surface area contributed by atoms with Crippen molar-refractivity contribution in [1.29, 1.82) is 0 Å². The Morgan fingerprint density at radius 3 is 2.12 bits per heavy atom. The summed E-state index contributed by atoms with van der Waals surface area (Å²) in [6, 6.07) is 13.4. The minimum Gasteiger partial charge on any atom is -0.492 e. The summed E-state index contributed by atoms with van der Waals surface area (Å²) in [7, 11) is -1.11. The number of hydrogen-bond acceptors (Lipinski definition) is 4. The molecule has 0 N–H and O–H groups in total. The zero-order valence-electron chi connectivity index (χ0n) is 15.6. The normalized spacial score (nSPS) is 13.0. The van der Waals surface area contributed by atoms with E-state index < -0.39 is 9.84 Å². The third-order valence-electron chi connectivity index (χ3n) is 4.55. The highest BCUT2D eigenvalue weighted by Crippen LogP contribution is 2.23. The van der Waals surface area contributed by atoms with Gasteiger partial charge in [-0.1, -0.05) is 30.3 Å². The van der Waals surface area contributed by atoms with Crippen LogP contribution in [0.15, 0.2) is 47.4 Å². The van der Waals surface area contributed by atoms with Crippen molar-refractivity contribution < 1.29 is 13.2 Å². The molecule has 0 saturated heterocycles. The molecular formula is C20H27NO3S. The molecule has 136 valence electrons. The van der Waals surface area contributed by atoms with Crippen LogP contribution in [0.4, 0.5) is 0 Å². The predicted molar refractivity (Wildman–Crippen MR) is 102 cm³/mol. The number of likely N-dealkylation sites (N-methyl/N-ethyl adjacent to an activating group) is 1. The quantitative estimate of drug-likeness (QED) is 0.753. The van der Waals surface area contributed by atoms with E-state index in [4.69, 9.17) is 4.74 Å². The average molecular weight is 362 g/mol. The monoisotopic (exact) mass is 361 g/mol. The van der Waals surface area contributed by atoms with Crippen LogP contribution in [0.25, 0.3) is 0 Å². The lowest BCUT2D eigenvalue weighted by molar-refractivity contribution is 0.199. The number of aryl methyl sites for hydroxylation is 2. The first kappa shape index (κ1) is 19.5. The lowest BCUT2D eigenvalue weighted by atomic mass is 10.1. The van der Waals surface area contributed by atoms with Gasteiger partial charge in [0.25, 0.3) is 0 Å².